The maximum Gasteiger partial charge on any atom is 0.119 e. The number of ether oxygens (including phenoxy) is 1. The predicted molar refractivity (Wildman–Crippen MR) is 85.7 cm³/mol. The van der Waals surface area contributed by atoms with Gasteiger partial charge in [0.05, 0.1) is 28.4 Å². The van der Waals surface area contributed by atoms with Crippen molar-refractivity contribution >= 4 is 17.3 Å². The number of nitrogens with one attached hydrogen (secondary N) is 1. The lowest BCUT2D eigenvalue weighted by Gasteiger charge is -2.11. The van der Waals surface area contributed by atoms with Gasteiger partial charge in [0, 0.05) is 6.54 Å². The average Bonchev–Trinajstić information content (AvgIpc) is 2.47. The Morgan fingerprint density at radius 3 is 2.48 bits per heavy atom. The van der Waals surface area contributed by atoms with E-state index in [9.17, 15) is 0 Å². The highest BCUT2D eigenvalue weighted by atomic mass is 35.5. The second kappa shape index (κ2) is 7.01. The third-order valence-electron chi connectivity index (χ3n) is 2.88. The number of halogens is 1. The van der Waals surface area contributed by atoms with Crippen molar-refractivity contribution in [2.75, 3.05) is 5.32 Å². The average molecular weight is 301 g/mol. The molecule has 0 bridgehead atoms. The fourth-order valence-corrected chi connectivity index (χ4v) is 2.13. The van der Waals surface area contributed by atoms with Crippen LogP contribution < -0.4 is 10.1 Å². The number of nitriles is 1. The third-order valence-corrected chi connectivity index (χ3v) is 3.19. The molecule has 0 aliphatic heterocycles. The molecule has 0 aliphatic rings. The summed E-state index contributed by atoms with van der Waals surface area (Å²) in [6.45, 7) is 4.66. The van der Waals surface area contributed by atoms with Crippen molar-refractivity contribution in [3.05, 3.63) is 58.6 Å². The Balaban J connectivity index is 1.98. The molecule has 21 heavy (non-hydrogen) atoms. The van der Waals surface area contributed by atoms with Crippen LogP contribution in [0.15, 0.2) is 42.5 Å². The van der Waals surface area contributed by atoms with Gasteiger partial charge in [0.1, 0.15) is 5.75 Å². The van der Waals surface area contributed by atoms with Crippen LogP contribution in [-0.4, -0.2) is 6.10 Å². The molecule has 2 rings (SSSR count). The SMILES string of the molecule is CC(C)Oc1ccc(CNc2ccc(C#N)cc2Cl)cc1. The van der Waals surface area contributed by atoms with E-state index in [0.29, 0.717) is 17.1 Å². The minimum absolute atomic E-state index is 0.173. The quantitative estimate of drug-likeness (QED) is 0.877. The first-order valence-corrected chi connectivity index (χ1v) is 7.15. The number of hydrogen-bond acceptors (Lipinski definition) is 3. The second-order valence-corrected chi connectivity index (χ2v) is 5.38. The zero-order valence-electron chi connectivity index (χ0n) is 12.1. The normalized spacial score (nSPS) is 10.2. The van der Waals surface area contributed by atoms with Crippen LogP contribution in [0.4, 0.5) is 5.69 Å². The van der Waals surface area contributed by atoms with Gasteiger partial charge >= 0.3 is 0 Å². The van der Waals surface area contributed by atoms with E-state index in [1.54, 1.807) is 12.1 Å². The molecule has 4 heteroatoms. The van der Waals surface area contributed by atoms with E-state index >= 15 is 0 Å². The fourth-order valence-electron chi connectivity index (χ4n) is 1.88. The number of anilines is 1. The van der Waals surface area contributed by atoms with Crippen LogP contribution in [0.2, 0.25) is 5.02 Å². The number of benzene rings is 2. The Bertz CT molecular complexity index is 645. The first kappa shape index (κ1) is 15.2. The summed E-state index contributed by atoms with van der Waals surface area (Å²) >= 11 is 6.12. The van der Waals surface area contributed by atoms with Crippen LogP contribution in [0.25, 0.3) is 0 Å². The molecule has 3 nitrogen and oxygen atoms in total. The summed E-state index contributed by atoms with van der Waals surface area (Å²) in [6.07, 6.45) is 0.173. The Labute approximate surface area is 130 Å². The molecule has 0 spiro atoms. The molecule has 2 aromatic carbocycles. The van der Waals surface area contributed by atoms with E-state index < -0.39 is 0 Å². The van der Waals surface area contributed by atoms with Crippen LogP contribution in [0.5, 0.6) is 5.75 Å². The Hall–Kier alpha value is -2.18. The van der Waals surface area contributed by atoms with Gasteiger partial charge in [-0.1, -0.05) is 23.7 Å². The molecule has 0 fully saturated rings. The van der Waals surface area contributed by atoms with Crippen molar-refractivity contribution < 1.29 is 4.74 Å². The van der Waals surface area contributed by atoms with E-state index in [2.05, 4.69) is 11.4 Å². The molecular weight excluding hydrogens is 284 g/mol. The van der Waals surface area contributed by atoms with Crippen LogP contribution in [0.3, 0.4) is 0 Å². The Kier molecular flexibility index (Phi) is 5.08. The lowest BCUT2D eigenvalue weighted by Crippen LogP contribution is -2.05. The highest BCUT2D eigenvalue weighted by Gasteiger charge is 2.02. The summed E-state index contributed by atoms with van der Waals surface area (Å²) in [5, 5.41) is 12.6. The highest BCUT2D eigenvalue weighted by molar-refractivity contribution is 6.33. The molecule has 0 aromatic heterocycles. The van der Waals surface area contributed by atoms with Gasteiger partial charge in [0.2, 0.25) is 0 Å². The fraction of sp³-hybridized carbons (Fsp3) is 0.235. The number of rotatable bonds is 5. The molecule has 0 atom stereocenters. The number of nitrogens with zero attached hydrogens (tertiary/aromatic N) is 1. The van der Waals surface area contributed by atoms with Crippen LogP contribution in [0, 0.1) is 11.3 Å². The van der Waals surface area contributed by atoms with Gasteiger partial charge < -0.3 is 10.1 Å². The highest BCUT2D eigenvalue weighted by Crippen LogP contribution is 2.23. The first-order chi connectivity index (χ1) is 10.1. The van der Waals surface area contributed by atoms with Crippen molar-refractivity contribution in [1.82, 2.24) is 0 Å². The maximum atomic E-state index is 8.81. The summed E-state index contributed by atoms with van der Waals surface area (Å²) < 4.78 is 5.60. The molecular formula is C17H17ClN2O. The van der Waals surface area contributed by atoms with Gasteiger partial charge in [-0.2, -0.15) is 5.26 Å². The minimum Gasteiger partial charge on any atom is -0.491 e. The van der Waals surface area contributed by atoms with E-state index in [1.807, 2.05) is 44.2 Å². The Morgan fingerprint density at radius 1 is 1.19 bits per heavy atom. The summed E-state index contributed by atoms with van der Waals surface area (Å²) in [4.78, 5) is 0. The van der Waals surface area contributed by atoms with Crippen LogP contribution in [0.1, 0.15) is 25.0 Å². The molecule has 0 unspecified atom stereocenters. The zero-order chi connectivity index (χ0) is 15.2. The lowest BCUT2D eigenvalue weighted by molar-refractivity contribution is 0.242. The molecule has 0 saturated carbocycles. The summed E-state index contributed by atoms with van der Waals surface area (Å²) in [5.74, 6) is 0.866. The molecule has 0 aliphatic carbocycles. The van der Waals surface area contributed by atoms with E-state index in [1.165, 1.54) is 0 Å². The third kappa shape index (κ3) is 4.40. The van der Waals surface area contributed by atoms with Gasteiger partial charge in [-0.05, 0) is 49.7 Å². The monoisotopic (exact) mass is 300 g/mol. The van der Waals surface area contributed by atoms with Crippen molar-refractivity contribution in [2.24, 2.45) is 0 Å². The van der Waals surface area contributed by atoms with Crippen LogP contribution >= 0.6 is 11.6 Å². The van der Waals surface area contributed by atoms with Gasteiger partial charge in [-0.25, -0.2) is 0 Å². The molecule has 0 heterocycles. The molecule has 0 radical (unpaired) electrons. The molecule has 2 aromatic rings. The van der Waals surface area contributed by atoms with Gasteiger partial charge in [-0.15, -0.1) is 0 Å². The predicted octanol–water partition coefficient (Wildman–Crippen LogP) is 4.61. The van der Waals surface area contributed by atoms with E-state index in [0.717, 1.165) is 17.0 Å². The minimum atomic E-state index is 0.173. The summed E-state index contributed by atoms with van der Waals surface area (Å²) in [7, 11) is 0. The van der Waals surface area contributed by atoms with Gasteiger partial charge in [-0.3, -0.25) is 0 Å². The van der Waals surface area contributed by atoms with E-state index in [-0.39, 0.29) is 6.10 Å². The van der Waals surface area contributed by atoms with Crippen molar-refractivity contribution in [3.8, 4) is 11.8 Å². The Morgan fingerprint density at radius 2 is 1.90 bits per heavy atom. The van der Waals surface area contributed by atoms with Crippen molar-refractivity contribution in [2.45, 2.75) is 26.5 Å². The first-order valence-electron chi connectivity index (χ1n) is 6.77. The van der Waals surface area contributed by atoms with E-state index in [4.69, 9.17) is 21.6 Å². The lowest BCUT2D eigenvalue weighted by atomic mass is 10.2. The summed E-state index contributed by atoms with van der Waals surface area (Å²) in [6, 6.07) is 15.2. The van der Waals surface area contributed by atoms with Gasteiger partial charge in [0.25, 0.3) is 0 Å². The van der Waals surface area contributed by atoms with Crippen molar-refractivity contribution in [1.29, 1.82) is 5.26 Å². The zero-order valence-corrected chi connectivity index (χ0v) is 12.8. The second-order valence-electron chi connectivity index (χ2n) is 4.97. The molecule has 0 amide bonds. The van der Waals surface area contributed by atoms with Gasteiger partial charge in [0.15, 0.2) is 0 Å². The summed E-state index contributed by atoms with van der Waals surface area (Å²) in [5.41, 5.74) is 2.51. The molecule has 0 saturated heterocycles. The number of hydrogen-bond donors (Lipinski definition) is 1. The molecule has 108 valence electrons. The van der Waals surface area contributed by atoms with Crippen LogP contribution in [-0.2, 0) is 6.54 Å². The smallest absolute Gasteiger partial charge is 0.119 e. The standard InChI is InChI=1S/C17H17ClN2O/c1-12(2)21-15-6-3-13(4-7-15)11-20-17-8-5-14(10-19)9-16(17)18/h3-9,12,20H,11H2,1-2H3. The maximum absolute atomic E-state index is 8.81. The largest absolute Gasteiger partial charge is 0.491 e. The topological polar surface area (TPSA) is 45.0 Å². The molecule has 1 N–H and O–H groups in total. The van der Waals surface area contributed by atoms with Crippen molar-refractivity contribution in [3.63, 3.8) is 0 Å².